The molecule has 0 heterocycles. The monoisotopic (exact) mass is 199 g/mol. The van der Waals surface area contributed by atoms with Gasteiger partial charge in [-0.2, -0.15) is 0 Å². The molecule has 0 aromatic heterocycles. The van der Waals surface area contributed by atoms with Crippen LogP contribution in [0.2, 0.25) is 0 Å². The minimum atomic E-state index is 0.260. The minimum absolute atomic E-state index is 0.260. The zero-order valence-electron chi connectivity index (χ0n) is 9.79. The zero-order valence-corrected chi connectivity index (χ0v) is 9.79. The Balaban J connectivity index is 2.45. The van der Waals surface area contributed by atoms with Crippen molar-refractivity contribution in [3.63, 3.8) is 0 Å². The van der Waals surface area contributed by atoms with Crippen LogP contribution in [0.25, 0.3) is 0 Å². The lowest BCUT2D eigenvalue weighted by Gasteiger charge is -2.37. The van der Waals surface area contributed by atoms with Gasteiger partial charge in [0.25, 0.3) is 0 Å². The second kappa shape index (κ2) is 5.72. The first kappa shape index (κ1) is 12.0. The van der Waals surface area contributed by atoms with Crippen molar-refractivity contribution in [1.82, 2.24) is 5.32 Å². The van der Waals surface area contributed by atoms with Crippen LogP contribution in [0.15, 0.2) is 0 Å². The highest BCUT2D eigenvalue weighted by Crippen LogP contribution is 2.33. The largest absolute Gasteiger partial charge is 0.395 e. The van der Waals surface area contributed by atoms with E-state index in [1.807, 2.05) is 0 Å². The van der Waals surface area contributed by atoms with Gasteiger partial charge in [-0.25, -0.2) is 0 Å². The van der Waals surface area contributed by atoms with Gasteiger partial charge in [-0.1, -0.05) is 27.2 Å². The summed E-state index contributed by atoms with van der Waals surface area (Å²) in [6.07, 6.45) is 4.00. The second-order valence-corrected chi connectivity index (χ2v) is 5.11. The molecule has 0 unspecified atom stereocenters. The molecule has 3 atom stereocenters. The van der Waals surface area contributed by atoms with E-state index >= 15 is 0 Å². The van der Waals surface area contributed by atoms with E-state index in [2.05, 4.69) is 26.1 Å². The molecule has 0 aromatic carbocycles. The van der Waals surface area contributed by atoms with Crippen LogP contribution in [-0.4, -0.2) is 24.3 Å². The molecular weight excluding hydrogens is 174 g/mol. The van der Waals surface area contributed by atoms with Crippen molar-refractivity contribution < 1.29 is 5.11 Å². The number of hydrogen-bond acceptors (Lipinski definition) is 2. The van der Waals surface area contributed by atoms with E-state index in [9.17, 15) is 0 Å². The van der Waals surface area contributed by atoms with Gasteiger partial charge in [-0.15, -0.1) is 0 Å². The van der Waals surface area contributed by atoms with Crippen LogP contribution >= 0.6 is 0 Å². The summed E-state index contributed by atoms with van der Waals surface area (Å²) < 4.78 is 0. The van der Waals surface area contributed by atoms with Crippen molar-refractivity contribution in [3.05, 3.63) is 0 Å². The van der Waals surface area contributed by atoms with E-state index < -0.39 is 0 Å². The summed E-state index contributed by atoms with van der Waals surface area (Å²) in [5.41, 5.74) is 0. The van der Waals surface area contributed by atoms with Crippen LogP contribution in [0.1, 0.15) is 40.0 Å². The second-order valence-electron chi connectivity index (χ2n) is 5.11. The number of aliphatic hydroxyl groups is 1. The van der Waals surface area contributed by atoms with E-state index in [0.717, 1.165) is 24.3 Å². The van der Waals surface area contributed by atoms with E-state index in [0.29, 0.717) is 6.04 Å². The molecule has 0 aromatic rings. The highest BCUT2D eigenvalue weighted by Gasteiger charge is 2.29. The Morgan fingerprint density at radius 2 is 2.07 bits per heavy atom. The Hall–Kier alpha value is -0.0800. The van der Waals surface area contributed by atoms with Gasteiger partial charge in [0.2, 0.25) is 0 Å². The minimum Gasteiger partial charge on any atom is -0.395 e. The van der Waals surface area contributed by atoms with Gasteiger partial charge in [0, 0.05) is 12.6 Å². The number of hydrogen-bond donors (Lipinski definition) is 2. The first-order valence-corrected chi connectivity index (χ1v) is 5.99. The maximum atomic E-state index is 8.83. The van der Waals surface area contributed by atoms with E-state index in [-0.39, 0.29) is 6.61 Å². The average Bonchev–Trinajstić information content (AvgIpc) is 2.14. The summed E-state index contributed by atoms with van der Waals surface area (Å²) >= 11 is 0. The normalized spacial score (nSPS) is 33.6. The third-order valence-corrected chi connectivity index (χ3v) is 3.54. The fourth-order valence-electron chi connectivity index (χ4n) is 2.69. The molecule has 1 saturated carbocycles. The predicted octanol–water partition coefficient (Wildman–Crippen LogP) is 2.03. The molecule has 14 heavy (non-hydrogen) atoms. The summed E-state index contributed by atoms with van der Waals surface area (Å²) in [5.74, 6) is 2.41. The molecular formula is C12H25NO. The smallest absolute Gasteiger partial charge is 0.0556 e. The molecule has 0 spiro atoms. The molecule has 1 fully saturated rings. The molecule has 0 amide bonds. The molecule has 0 radical (unpaired) electrons. The lowest BCUT2D eigenvalue weighted by Crippen LogP contribution is -2.43. The Morgan fingerprint density at radius 1 is 1.36 bits per heavy atom. The fraction of sp³-hybridized carbons (Fsp3) is 1.00. The topological polar surface area (TPSA) is 32.3 Å². The molecule has 1 aliphatic carbocycles. The molecule has 2 nitrogen and oxygen atoms in total. The van der Waals surface area contributed by atoms with E-state index in [1.54, 1.807) is 0 Å². The van der Waals surface area contributed by atoms with Crippen molar-refractivity contribution in [2.24, 2.45) is 17.8 Å². The summed E-state index contributed by atoms with van der Waals surface area (Å²) in [6, 6.07) is 0.630. The number of aliphatic hydroxyl groups excluding tert-OH is 1. The number of rotatable bonds is 4. The number of nitrogens with one attached hydrogen (secondary N) is 1. The van der Waals surface area contributed by atoms with Crippen LogP contribution in [0.5, 0.6) is 0 Å². The third kappa shape index (κ3) is 3.25. The van der Waals surface area contributed by atoms with Crippen molar-refractivity contribution >= 4 is 0 Å². The van der Waals surface area contributed by atoms with Crippen molar-refractivity contribution in [2.75, 3.05) is 13.2 Å². The van der Waals surface area contributed by atoms with E-state index in [4.69, 9.17) is 5.11 Å². The molecule has 1 aliphatic rings. The molecule has 0 bridgehead atoms. The van der Waals surface area contributed by atoms with Crippen LogP contribution in [0.3, 0.4) is 0 Å². The van der Waals surface area contributed by atoms with E-state index in [1.165, 1.54) is 19.3 Å². The van der Waals surface area contributed by atoms with Gasteiger partial charge in [-0.05, 0) is 30.6 Å². The Labute approximate surface area is 88.1 Å². The summed E-state index contributed by atoms with van der Waals surface area (Å²) in [4.78, 5) is 0. The molecule has 84 valence electrons. The third-order valence-electron chi connectivity index (χ3n) is 3.54. The lowest BCUT2D eigenvalue weighted by molar-refractivity contribution is 0.161. The Kier molecular flexibility index (Phi) is 4.90. The lowest BCUT2D eigenvalue weighted by atomic mass is 9.74. The highest BCUT2D eigenvalue weighted by atomic mass is 16.3. The highest BCUT2D eigenvalue weighted by molar-refractivity contribution is 4.85. The molecule has 0 saturated heterocycles. The molecule has 2 heteroatoms. The van der Waals surface area contributed by atoms with Crippen LogP contribution in [-0.2, 0) is 0 Å². The van der Waals surface area contributed by atoms with Gasteiger partial charge in [0.1, 0.15) is 0 Å². The maximum Gasteiger partial charge on any atom is 0.0556 e. The van der Waals surface area contributed by atoms with Crippen LogP contribution in [0, 0.1) is 17.8 Å². The molecule has 1 rings (SSSR count). The standard InChI is InChI=1S/C12H25NO/c1-9(2)11-5-4-10(3)8-12(11)13-6-7-14/h9-14H,4-8H2,1-3H3/t10-,11+,12+/m0/s1. The quantitative estimate of drug-likeness (QED) is 0.726. The van der Waals surface area contributed by atoms with Gasteiger partial charge in [-0.3, -0.25) is 0 Å². The van der Waals surface area contributed by atoms with Crippen LogP contribution in [0.4, 0.5) is 0 Å². The Morgan fingerprint density at radius 3 is 2.64 bits per heavy atom. The maximum absolute atomic E-state index is 8.83. The molecule has 0 aliphatic heterocycles. The van der Waals surface area contributed by atoms with Gasteiger partial charge >= 0.3 is 0 Å². The summed E-state index contributed by atoms with van der Waals surface area (Å²) in [6.45, 7) is 7.98. The first-order chi connectivity index (χ1) is 6.65. The SMILES string of the molecule is CC(C)[C@H]1CC[C@H](C)C[C@H]1NCCO. The van der Waals surface area contributed by atoms with Gasteiger partial charge in [0.05, 0.1) is 6.61 Å². The average molecular weight is 199 g/mol. The van der Waals surface area contributed by atoms with Crippen molar-refractivity contribution in [1.29, 1.82) is 0 Å². The van der Waals surface area contributed by atoms with Crippen molar-refractivity contribution in [3.8, 4) is 0 Å². The summed E-state index contributed by atoms with van der Waals surface area (Å²) in [7, 11) is 0. The fourth-order valence-corrected chi connectivity index (χ4v) is 2.69. The Bertz CT molecular complexity index is 158. The van der Waals surface area contributed by atoms with Gasteiger partial charge < -0.3 is 10.4 Å². The summed E-state index contributed by atoms with van der Waals surface area (Å²) in [5, 5.41) is 12.3. The first-order valence-electron chi connectivity index (χ1n) is 5.99. The van der Waals surface area contributed by atoms with Crippen LogP contribution < -0.4 is 5.32 Å². The predicted molar refractivity (Wildman–Crippen MR) is 60.2 cm³/mol. The zero-order chi connectivity index (χ0) is 10.6. The van der Waals surface area contributed by atoms with Gasteiger partial charge in [0.15, 0.2) is 0 Å². The van der Waals surface area contributed by atoms with Crippen molar-refractivity contribution in [2.45, 2.75) is 46.1 Å². The molecule has 2 N–H and O–H groups in total.